The predicted octanol–water partition coefficient (Wildman–Crippen LogP) is 3.16. The number of carbonyl (C=O) groups is 1. The molecule has 0 atom stereocenters. The van der Waals surface area contributed by atoms with Crippen molar-refractivity contribution in [3.05, 3.63) is 48.3 Å². The van der Waals surface area contributed by atoms with Gasteiger partial charge in [-0.2, -0.15) is 0 Å². The Kier molecular flexibility index (Phi) is 3.95. The number of hydrogen-bond donors (Lipinski definition) is 0. The second kappa shape index (κ2) is 6.27. The molecule has 1 aromatic carbocycles. The lowest BCUT2D eigenvalue weighted by atomic mass is 10.1. The van der Waals surface area contributed by atoms with Crippen LogP contribution in [0.3, 0.4) is 0 Å². The summed E-state index contributed by atoms with van der Waals surface area (Å²) in [6, 6.07) is 8.20. The molecule has 1 aliphatic rings. The van der Waals surface area contributed by atoms with E-state index in [4.69, 9.17) is 9.15 Å². The molecule has 0 spiro atoms. The molecule has 0 N–H and O–H groups in total. The highest BCUT2D eigenvalue weighted by molar-refractivity contribution is 5.92. The van der Waals surface area contributed by atoms with Crippen LogP contribution in [0.2, 0.25) is 0 Å². The number of hydrogen-bond acceptors (Lipinski definition) is 4. The van der Waals surface area contributed by atoms with Crippen molar-refractivity contribution in [2.45, 2.75) is 25.9 Å². The van der Waals surface area contributed by atoms with E-state index in [-0.39, 0.29) is 12.0 Å². The molecule has 3 aromatic rings. The molecule has 2 aromatic heterocycles. The van der Waals surface area contributed by atoms with Gasteiger partial charge in [-0.3, -0.25) is 4.79 Å². The van der Waals surface area contributed by atoms with Crippen LogP contribution in [0.15, 0.2) is 41.1 Å². The Bertz CT molecular complexity index is 904. The molecule has 0 bridgehead atoms. The maximum Gasteiger partial charge on any atom is 0.275 e. The van der Waals surface area contributed by atoms with Crippen LogP contribution in [0.25, 0.3) is 10.9 Å². The number of carbonyl (C=O) groups excluding carboxylic acids is 1. The van der Waals surface area contributed by atoms with Gasteiger partial charge < -0.3 is 18.6 Å². The van der Waals surface area contributed by atoms with E-state index in [1.54, 1.807) is 6.92 Å². The fourth-order valence-corrected chi connectivity index (χ4v) is 3.36. The summed E-state index contributed by atoms with van der Waals surface area (Å²) in [5, 5.41) is 1.13. The van der Waals surface area contributed by atoms with Gasteiger partial charge in [0.2, 0.25) is 0 Å². The Balaban J connectivity index is 1.41. The van der Waals surface area contributed by atoms with E-state index in [0.29, 0.717) is 24.7 Å². The van der Waals surface area contributed by atoms with Gasteiger partial charge in [-0.05, 0) is 18.2 Å². The number of piperidine rings is 1. The van der Waals surface area contributed by atoms with Crippen molar-refractivity contribution in [2.75, 3.05) is 13.1 Å². The third-order valence-corrected chi connectivity index (χ3v) is 4.75. The second-order valence-electron chi connectivity index (χ2n) is 6.48. The molecule has 6 heteroatoms. The normalized spacial score (nSPS) is 15.7. The summed E-state index contributed by atoms with van der Waals surface area (Å²) in [6.45, 7) is 3.07. The molecule has 0 saturated carbocycles. The van der Waals surface area contributed by atoms with Crippen LogP contribution in [-0.4, -0.2) is 39.6 Å². The van der Waals surface area contributed by atoms with Gasteiger partial charge in [0.05, 0.1) is 5.52 Å². The number of aromatic nitrogens is 2. The Morgan fingerprint density at radius 1 is 1.28 bits per heavy atom. The first kappa shape index (κ1) is 15.7. The minimum absolute atomic E-state index is 0.0690. The summed E-state index contributed by atoms with van der Waals surface area (Å²) in [5.41, 5.74) is 1.54. The first-order chi connectivity index (χ1) is 12.1. The van der Waals surface area contributed by atoms with Gasteiger partial charge in [-0.15, -0.1) is 0 Å². The lowest BCUT2D eigenvalue weighted by molar-refractivity contribution is 0.0592. The number of oxazole rings is 1. The van der Waals surface area contributed by atoms with E-state index < -0.39 is 0 Å². The smallest absolute Gasteiger partial charge is 0.275 e. The Labute approximate surface area is 146 Å². The first-order valence-corrected chi connectivity index (χ1v) is 8.54. The van der Waals surface area contributed by atoms with Crippen molar-refractivity contribution in [1.82, 2.24) is 14.5 Å². The van der Waals surface area contributed by atoms with Crippen molar-refractivity contribution in [3.8, 4) is 5.75 Å². The molecular formula is C19H21N3O3. The molecule has 0 unspecified atom stereocenters. The fraction of sp³-hybridized carbons (Fsp3) is 0.368. The minimum Gasteiger partial charge on any atom is -0.490 e. The van der Waals surface area contributed by atoms with Gasteiger partial charge in [0.1, 0.15) is 18.1 Å². The van der Waals surface area contributed by atoms with E-state index in [0.717, 1.165) is 29.5 Å². The molecule has 6 nitrogen and oxygen atoms in total. The summed E-state index contributed by atoms with van der Waals surface area (Å²) in [5.74, 6) is 1.35. The highest BCUT2D eigenvalue weighted by Crippen LogP contribution is 2.28. The molecule has 130 valence electrons. The third kappa shape index (κ3) is 2.99. The quantitative estimate of drug-likeness (QED) is 0.735. The summed E-state index contributed by atoms with van der Waals surface area (Å²) in [7, 11) is 2.03. The topological polar surface area (TPSA) is 60.5 Å². The number of ether oxygens (including phenoxy) is 1. The third-order valence-electron chi connectivity index (χ3n) is 4.75. The average Bonchev–Trinajstić information content (AvgIpc) is 3.22. The zero-order valence-electron chi connectivity index (χ0n) is 14.4. The Morgan fingerprint density at radius 2 is 2.08 bits per heavy atom. The molecule has 0 radical (unpaired) electrons. The summed E-state index contributed by atoms with van der Waals surface area (Å²) in [4.78, 5) is 18.4. The van der Waals surface area contributed by atoms with Crippen LogP contribution in [0, 0.1) is 6.92 Å². The van der Waals surface area contributed by atoms with E-state index in [2.05, 4.69) is 21.7 Å². The van der Waals surface area contributed by atoms with Gasteiger partial charge in [0, 0.05) is 51.5 Å². The second-order valence-corrected chi connectivity index (χ2v) is 6.48. The maximum absolute atomic E-state index is 12.4. The largest absolute Gasteiger partial charge is 0.490 e. The van der Waals surface area contributed by atoms with Crippen LogP contribution >= 0.6 is 0 Å². The van der Waals surface area contributed by atoms with Gasteiger partial charge >= 0.3 is 0 Å². The van der Waals surface area contributed by atoms with Crippen molar-refractivity contribution >= 4 is 16.8 Å². The molecule has 1 saturated heterocycles. The zero-order valence-corrected chi connectivity index (χ0v) is 14.4. The number of rotatable bonds is 3. The van der Waals surface area contributed by atoms with Crippen molar-refractivity contribution in [1.29, 1.82) is 0 Å². The highest BCUT2D eigenvalue weighted by atomic mass is 16.5. The number of aryl methyl sites for hydroxylation is 2. The van der Waals surface area contributed by atoms with Crippen LogP contribution in [-0.2, 0) is 7.05 Å². The Hall–Kier alpha value is -2.76. The molecule has 1 fully saturated rings. The molecule has 1 aliphatic heterocycles. The lowest BCUT2D eigenvalue weighted by Gasteiger charge is -2.31. The number of amides is 1. The first-order valence-electron chi connectivity index (χ1n) is 8.54. The standard InChI is InChI=1S/C19H21N3O3/c1-13-20-16(12-24-13)19(23)22-10-6-14(7-11-22)25-18-5-3-4-17-15(18)8-9-21(17)2/h3-5,8-9,12,14H,6-7,10-11H2,1-2H3. The summed E-state index contributed by atoms with van der Waals surface area (Å²) in [6.07, 6.45) is 5.21. The molecular weight excluding hydrogens is 318 g/mol. The highest BCUT2D eigenvalue weighted by Gasteiger charge is 2.26. The summed E-state index contributed by atoms with van der Waals surface area (Å²) < 4.78 is 13.5. The van der Waals surface area contributed by atoms with Gasteiger partial charge in [-0.1, -0.05) is 6.07 Å². The molecule has 3 heterocycles. The lowest BCUT2D eigenvalue weighted by Crippen LogP contribution is -2.41. The van der Waals surface area contributed by atoms with Crippen LogP contribution in [0.5, 0.6) is 5.75 Å². The number of benzene rings is 1. The van der Waals surface area contributed by atoms with E-state index in [1.807, 2.05) is 30.3 Å². The van der Waals surface area contributed by atoms with E-state index in [9.17, 15) is 4.79 Å². The van der Waals surface area contributed by atoms with Gasteiger partial charge in [-0.25, -0.2) is 4.98 Å². The average molecular weight is 339 g/mol. The van der Waals surface area contributed by atoms with E-state index >= 15 is 0 Å². The molecule has 1 amide bonds. The Morgan fingerprint density at radius 3 is 2.80 bits per heavy atom. The predicted molar refractivity (Wildman–Crippen MR) is 93.7 cm³/mol. The van der Waals surface area contributed by atoms with Gasteiger partial charge in [0.15, 0.2) is 11.6 Å². The SMILES string of the molecule is Cc1nc(C(=O)N2CCC(Oc3cccc4c3ccn4C)CC2)co1. The van der Waals surface area contributed by atoms with Crippen molar-refractivity contribution in [3.63, 3.8) is 0 Å². The molecule has 0 aliphatic carbocycles. The van der Waals surface area contributed by atoms with Crippen LogP contribution < -0.4 is 4.74 Å². The maximum atomic E-state index is 12.4. The number of nitrogens with zero attached hydrogens (tertiary/aromatic N) is 3. The van der Waals surface area contributed by atoms with E-state index in [1.165, 1.54) is 6.26 Å². The number of fused-ring (bicyclic) bond motifs is 1. The fourth-order valence-electron chi connectivity index (χ4n) is 3.36. The van der Waals surface area contributed by atoms with Crippen LogP contribution in [0.1, 0.15) is 29.2 Å². The monoisotopic (exact) mass is 339 g/mol. The van der Waals surface area contributed by atoms with Gasteiger partial charge in [0.25, 0.3) is 5.91 Å². The molecule has 4 rings (SSSR count). The van der Waals surface area contributed by atoms with Crippen LogP contribution in [0.4, 0.5) is 0 Å². The zero-order chi connectivity index (χ0) is 17.4. The minimum atomic E-state index is -0.0690. The van der Waals surface area contributed by atoms with Crippen molar-refractivity contribution < 1.29 is 13.9 Å². The summed E-state index contributed by atoms with van der Waals surface area (Å²) >= 11 is 0. The molecule has 25 heavy (non-hydrogen) atoms. The number of likely N-dealkylation sites (tertiary alicyclic amines) is 1. The van der Waals surface area contributed by atoms with Crippen molar-refractivity contribution in [2.24, 2.45) is 7.05 Å².